The molecule has 76 valence electrons. The fourth-order valence-corrected chi connectivity index (χ4v) is 1.94. The number of carboxylic acids is 1. The van der Waals surface area contributed by atoms with Crippen molar-refractivity contribution in [3.63, 3.8) is 0 Å². The van der Waals surface area contributed by atoms with Crippen LogP contribution in [-0.2, 0) is 0 Å². The summed E-state index contributed by atoms with van der Waals surface area (Å²) in [5, 5.41) is 9.05. The molecule has 0 unspecified atom stereocenters. The van der Waals surface area contributed by atoms with E-state index in [1.54, 1.807) is 20.8 Å². The van der Waals surface area contributed by atoms with E-state index < -0.39 is 5.97 Å². The average molecular weight is 213 g/mol. The van der Waals surface area contributed by atoms with Crippen molar-refractivity contribution in [3.8, 4) is 0 Å². The lowest BCUT2D eigenvalue weighted by Crippen LogP contribution is -2.06. The third-order valence-corrected chi connectivity index (χ3v) is 2.89. The molecule has 0 aliphatic rings. The SMILES string of the molecule is Cc1nc(C(=O)C(C)C)sc1C(=O)O. The van der Waals surface area contributed by atoms with E-state index in [0.29, 0.717) is 5.69 Å². The van der Waals surface area contributed by atoms with E-state index in [-0.39, 0.29) is 21.6 Å². The van der Waals surface area contributed by atoms with Crippen molar-refractivity contribution >= 4 is 23.1 Å². The van der Waals surface area contributed by atoms with Gasteiger partial charge in [0.2, 0.25) is 0 Å². The van der Waals surface area contributed by atoms with Gasteiger partial charge in [-0.05, 0) is 6.92 Å². The van der Waals surface area contributed by atoms with Gasteiger partial charge >= 0.3 is 5.97 Å². The lowest BCUT2D eigenvalue weighted by atomic mass is 10.1. The second-order valence-corrected chi connectivity index (χ2v) is 4.26. The first-order valence-electron chi connectivity index (χ1n) is 4.18. The summed E-state index contributed by atoms with van der Waals surface area (Å²) in [6, 6.07) is 0. The predicted molar refractivity (Wildman–Crippen MR) is 53.0 cm³/mol. The lowest BCUT2D eigenvalue weighted by molar-refractivity contribution is 0.0701. The zero-order valence-corrected chi connectivity index (χ0v) is 9.01. The number of carbonyl (C=O) groups excluding carboxylic acids is 1. The molecule has 0 fully saturated rings. The minimum atomic E-state index is -1.03. The van der Waals surface area contributed by atoms with Gasteiger partial charge in [0.05, 0.1) is 5.69 Å². The van der Waals surface area contributed by atoms with Crippen LogP contribution in [0.3, 0.4) is 0 Å². The highest BCUT2D eigenvalue weighted by molar-refractivity contribution is 7.15. The third kappa shape index (κ3) is 1.98. The maximum Gasteiger partial charge on any atom is 0.347 e. The summed E-state index contributed by atoms with van der Waals surface area (Å²) in [6.07, 6.45) is 0. The Morgan fingerprint density at radius 1 is 1.43 bits per heavy atom. The van der Waals surface area contributed by atoms with Crippen molar-refractivity contribution in [3.05, 3.63) is 15.6 Å². The van der Waals surface area contributed by atoms with Crippen LogP contribution in [0.4, 0.5) is 0 Å². The molecule has 1 rings (SSSR count). The summed E-state index contributed by atoms with van der Waals surface area (Å²) < 4.78 is 0. The van der Waals surface area contributed by atoms with E-state index in [1.807, 2.05) is 0 Å². The summed E-state index contributed by atoms with van der Waals surface area (Å²) in [6.45, 7) is 5.12. The van der Waals surface area contributed by atoms with E-state index in [2.05, 4.69) is 4.98 Å². The molecule has 5 heteroatoms. The predicted octanol–water partition coefficient (Wildman–Crippen LogP) is 1.99. The quantitative estimate of drug-likeness (QED) is 0.780. The number of carbonyl (C=O) groups is 2. The van der Waals surface area contributed by atoms with Crippen LogP contribution in [0.2, 0.25) is 0 Å². The van der Waals surface area contributed by atoms with Crippen molar-refractivity contribution in [2.24, 2.45) is 5.92 Å². The molecular formula is C9H11NO3S. The molecule has 0 aromatic carbocycles. The number of thiazole rings is 1. The normalized spacial score (nSPS) is 10.6. The van der Waals surface area contributed by atoms with E-state index in [9.17, 15) is 9.59 Å². The molecule has 1 aromatic rings. The Hall–Kier alpha value is -1.23. The van der Waals surface area contributed by atoms with Crippen molar-refractivity contribution in [2.75, 3.05) is 0 Å². The third-order valence-electron chi connectivity index (χ3n) is 1.73. The molecule has 0 saturated carbocycles. The lowest BCUT2D eigenvalue weighted by Gasteiger charge is -1.97. The van der Waals surface area contributed by atoms with Crippen LogP contribution in [-0.4, -0.2) is 21.8 Å². The Balaban J connectivity index is 3.09. The van der Waals surface area contributed by atoms with Gasteiger partial charge < -0.3 is 5.11 Å². The van der Waals surface area contributed by atoms with Gasteiger partial charge in [-0.25, -0.2) is 9.78 Å². The minimum absolute atomic E-state index is 0.106. The first-order valence-corrected chi connectivity index (χ1v) is 5.00. The highest BCUT2D eigenvalue weighted by atomic mass is 32.1. The molecule has 1 N–H and O–H groups in total. The monoisotopic (exact) mass is 213 g/mol. The summed E-state index contributed by atoms with van der Waals surface area (Å²) in [4.78, 5) is 26.3. The number of aromatic carboxylic acids is 1. The largest absolute Gasteiger partial charge is 0.477 e. The Labute approximate surface area is 85.6 Å². The summed E-state index contributed by atoms with van der Waals surface area (Å²) >= 11 is 0.944. The molecular weight excluding hydrogens is 202 g/mol. The molecule has 0 atom stereocenters. The second-order valence-electron chi connectivity index (χ2n) is 3.26. The molecule has 1 heterocycles. The molecule has 0 aliphatic heterocycles. The maximum absolute atomic E-state index is 11.5. The van der Waals surface area contributed by atoms with Crippen molar-refractivity contribution in [1.82, 2.24) is 4.98 Å². The Bertz CT molecular complexity index is 381. The molecule has 14 heavy (non-hydrogen) atoms. The van der Waals surface area contributed by atoms with E-state index in [4.69, 9.17) is 5.11 Å². The van der Waals surface area contributed by atoms with Gasteiger partial charge in [-0.15, -0.1) is 11.3 Å². The zero-order chi connectivity index (χ0) is 10.9. The second kappa shape index (κ2) is 3.88. The zero-order valence-electron chi connectivity index (χ0n) is 8.20. The van der Waals surface area contributed by atoms with Gasteiger partial charge in [0, 0.05) is 5.92 Å². The topological polar surface area (TPSA) is 67.3 Å². The molecule has 0 bridgehead atoms. The van der Waals surface area contributed by atoms with Crippen LogP contribution >= 0.6 is 11.3 Å². The summed E-state index contributed by atoms with van der Waals surface area (Å²) in [5.41, 5.74) is 0.409. The van der Waals surface area contributed by atoms with Crippen molar-refractivity contribution < 1.29 is 14.7 Å². The van der Waals surface area contributed by atoms with E-state index in [1.165, 1.54) is 0 Å². The number of nitrogens with zero attached hydrogens (tertiary/aromatic N) is 1. The number of aromatic nitrogens is 1. The van der Waals surface area contributed by atoms with Crippen LogP contribution in [0.1, 0.15) is 39.0 Å². The molecule has 0 aliphatic carbocycles. The molecule has 4 nitrogen and oxygen atoms in total. The number of aryl methyl sites for hydroxylation is 1. The van der Waals surface area contributed by atoms with E-state index >= 15 is 0 Å². The number of hydrogen-bond acceptors (Lipinski definition) is 4. The van der Waals surface area contributed by atoms with Crippen molar-refractivity contribution in [1.29, 1.82) is 0 Å². The molecule has 0 saturated heterocycles. The number of carboxylic acid groups (broad SMARTS) is 1. The van der Waals surface area contributed by atoms with Gasteiger partial charge in [-0.1, -0.05) is 13.8 Å². The summed E-state index contributed by atoms with van der Waals surface area (Å²) in [5.74, 6) is -1.28. The first-order chi connectivity index (χ1) is 6.43. The molecule has 0 amide bonds. The highest BCUT2D eigenvalue weighted by Crippen LogP contribution is 2.20. The maximum atomic E-state index is 11.5. The Morgan fingerprint density at radius 2 is 2.00 bits per heavy atom. The number of hydrogen-bond donors (Lipinski definition) is 1. The van der Waals surface area contributed by atoms with Crippen LogP contribution in [0.25, 0.3) is 0 Å². The van der Waals surface area contributed by atoms with Crippen LogP contribution in [0, 0.1) is 12.8 Å². The smallest absolute Gasteiger partial charge is 0.347 e. The number of Topliss-reactive ketones (excluding diaryl/α,β-unsaturated/α-hetero) is 1. The Kier molecular flexibility index (Phi) is 3.00. The first kappa shape index (κ1) is 10.8. The average Bonchev–Trinajstić information content (AvgIpc) is 2.45. The van der Waals surface area contributed by atoms with Crippen LogP contribution in [0.15, 0.2) is 0 Å². The molecule has 1 aromatic heterocycles. The molecule has 0 radical (unpaired) electrons. The van der Waals surface area contributed by atoms with E-state index in [0.717, 1.165) is 11.3 Å². The standard InChI is InChI=1S/C9H11NO3S/c1-4(2)6(11)8-10-5(3)7(14-8)9(12)13/h4H,1-3H3,(H,12,13). The van der Waals surface area contributed by atoms with Crippen LogP contribution < -0.4 is 0 Å². The van der Waals surface area contributed by atoms with Gasteiger partial charge in [-0.2, -0.15) is 0 Å². The summed E-state index contributed by atoms with van der Waals surface area (Å²) in [7, 11) is 0. The molecule has 0 spiro atoms. The van der Waals surface area contributed by atoms with Gasteiger partial charge in [0.25, 0.3) is 0 Å². The fourth-order valence-electron chi connectivity index (χ4n) is 0.947. The van der Waals surface area contributed by atoms with Crippen LogP contribution in [0.5, 0.6) is 0 Å². The van der Waals surface area contributed by atoms with Crippen molar-refractivity contribution in [2.45, 2.75) is 20.8 Å². The van der Waals surface area contributed by atoms with Gasteiger partial charge in [0.15, 0.2) is 10.8 Å². The van der Waals surface area contributed by atoms with Gasteiger partial charge in [-0.3, -0.25) is 4.79 Å². The minimum Gasteiger partial charge on any atom is -0.477 e. The number of rotatable bonds is 3. The van der Waals surface area contributed by atoms with Gasteiger partial charge in [0.1, 0.15) is 4.88 Å². The highest BCUT2D eigenvalue weighted by Gasteiger charge is 2.20. The number of ketones is 1. The fraction of sp³-hybridized carbons (Fsp3) is 0.444. The Morgan fingerprint density at radius 3 is 2.36 bits per heavy atom.